The van der Waals surface area contributed by atoms with Crippen molar-refractivity contribution in [1.82, 2.24) is 5.32 Å². The van der Waals surface area contributed by atoms with Crippen LogP contribution in [0.25, 0.3) is 0 Å². The van der Waals surface area contributed by atoms with Gasteiger partial charge in [0.05, 0.1) is 6.61 Å². The summed E-state index contributed by atoms with van der Waals surface area (Å²) in [6.45, 7) is 6.66. The molecule has 1 aliphatic carbocycles. The van der Waals surface area contributed by atoms with Crippen molar-refractivity contribution in [2.45, 2.75) is 65.3 Å². The molecule has 1 aliphatic rings. The Morgan fingerprint density at radius 1 is 1.12 bits per heavy atom. The predicted molar refractivity (Wildman–Crippen MR) is 104 cm³/mol. The summed E-state index contributed by atoms with van der Waals surface area (Å²) in [5, 5.41) is 5.91. The van der Waals surface area contributed by atoms with Gasteiger partial charge in [-0.2, -0.15) is 0 Å². The second-order valence-electron chi connectivity index (χ2n) is 7.47. The zero-order valence-electron chi connectivity index (χ0n) is 16.2. The molecule has 2 N–H and O–H groups in total. The molecule has 1 fully saturated rings. The van der Waals surface area contributed by atoms with E-state index in [0.29, 0.717) is 24.6 Å². The van der Waals surface area contributed by atoms with Crippen molar-refractivity contribution in [3.05, 3.63) is 24.3 Å². The summed E-state index contributed by atoms with van der Waals surface area (Å²) in [5.74, 6) is 1.01. The second-order valence-corrected chi connectivity index (χ2v) is 7.47. The van der Waals surface area contributed by atoms with E-state index >= 15 is 0 Å². The number of anilines is 1. The molecule has 0 aromatic heterocycles. The minimum Gasteiger partial charge on any atom is -0.494 e. The first kappa shape index (κ1) is 20.3. The van der Waals surface area contributed by atoms with E-state index in [0.717, 1.165) is 31.4 Å². The Morgan fingerprint density at radius 3 is 2.35 bits per heavy atom. The van der Waals surface area contributed by atoms with E-state index in [4.69, 9.17) is 4.74 Å². The molecular weight excluding hydrogens is 328 g/mol. The van der Waals surface area contributed by atoms with Crippen LogP contribution in [0.5, 0.6) is 5.75 Å². The zero-order valence-corrected chi connectivity index (χ0v) is 16.2. The number of amides is 2. The Morgan fingerprint density at radius 2 is 1.77 bits per heavy atom. The largest absolute Gasteiger partial charge is 0.494 e. The maximum atomic E-state index is 12.7. The van der Waals surface area contributed by atoms with Crippen molar-refractivity contribution >= 4 is 17.5 Å². The Bertz CT molecular complexity index is 577. The molecule has 1 atom stereocenters. The number of hydrogen-bond acceptors (Lipinski definition) is 3. The third-order valence-corrected chi connectivity index (χ3v) is 4.75. The Hall–Kier alpha value is -2.04. The van der Waals surface area contributed by atoms with E-state index in [1.165, 1.54) is 6.42 Å². The van der Waals surface area contributed by atoms with E-state index in [9.17, 15) is 9.59 Å². The first-order valence-corrected chi connectivity index (χ1v) is 9.83. The minimum absolute atomic E-state index is 0.0252. The Kier molecular flexibility index (Phi) is 7.95. The van der Waals surface area contributed by atoms with Gasteiger partial charge in [-0.25, -0.2) is 0 Å². The molecule has 0 unspecified atom stereocenters. The number of carbonyl (C=O) groups is 2. The molecule has 1 aromatic carbocycles. The number of carbonyl (C=O) groups excluding carboxylic acids is 2. The molecule has 1 aromatic rings. The van der Waals surface area contributed by atoms with Crippen molar-refractivity contribution in [3.8, 4) is 5.75 Å². The van der Waals surface area contributed by atoms with Crippen molar-refractivity contribution in [2.75, 3.05) is 11.9 Å². The highest BCUT2D eigenvalue weighted by atomic mass is 16.5. The maximum absolute atomic E-state index is 12.7. The molecule has 2 rings (SSSR count). The fraction of sp³-hybridized carbons (Fsp3) is 0.619. The van der Waals surface area contributed by atoms with Gasteiger partial charge in [-0.05, 0) is 56.4 Å². The van der Waals surface area contributed by atoms with Crippen LogP contribution in [0.4, 0.5) is 5.69 Å². The SMILES string of the molecule is CCOc1ccc(NC(=O)[C@H](CC(C)C)NC(=O)C2CCCCC2)cc1. The number of rotatable bonds is 8. The normalized spacial score (nSPS) is 16.2. The average Bonchev–Trinajstić information content (AvgIpc) is 2.63. The van der Waals surface area contributed by atoms with Crippen LogP contribution < -0.4 is 15.4 Å². The quantitative estimate of drug-likeness (QED) is 0.732. The first-order valence-electron chi connectivity index (χ1n) is 9.83. The van der Waals surface area contributed by atoms with Crippen LogP contribution in [0.3, 0.4) is 0 Å². The fourth-order valence-electron chi connectivity index (χ4n) is 3.39. The van der Waals surface area contributed by atoms with Gasteiger partial charge in [-0.1, -0.05) is 33.1 Å². The molecule has 0 heterocycles. The van der Waals surface area contributed by atoms with Crippen molar-refractivity contribution < 1.29 is 14.3 Å². The van der Waals surface area contributed by atoms with Gasteiger partial charge in [0.15, 0.2) is 0 Å². The third kappa shape index (κ3) is 6.36. The standard InChI is InChI=1S/C21H32N2O3/c1-4-26-18-12-10-17(11-13-18)22-21(25)19(14-15(2)3)23-20(24)16-8-6-5-7-9-16/h10-13,15-16,19H,4-9,14H2,1-3H3,(H,22,25)(H,23,24)/t19-/m0/s1. The van der Waals surface area contributed by atoms with Gasteiger partial charge in [0.2, 0.25) is 11.8 Å². The summed E-state index contributed by atoms with van der Waals surface area (Å²) < 4.78 is 5.42. The molecule has 5 nitrogen and oxygen atoms in total. The molecule has 0 spiro atoms. The van der Waals surface area contributed by atoms with Crippen LogP contribution in [0.1, 0.15) is 59.3 Å². The Labute approximate surface area is 156 Å². The maximum Gasteiger partial charge on any atom is 0.246 e. The summed E-state index contributed by atoms with van der Waals surface area (Å²) in [7, 11) is 0. The van der Waals surface area contributed by atoms with Crippen molar-refractivity contribution in [2.24, 2.45) is 11.8 Å². The highest BCUT2D eigenvalue weighted by molar-refractivity contribution is 5.97. The van der Waals surface area contributed by atoms with Gasteiger partial charge in [0.25, 0.3) is 0 Å². The van der Waals surface area contributed by atoms with Crippen LogP contribution in [-0.4, -0.2) is 24.5 Å². The smallest absolute Gasteiger partial charge is 0.246 e. The van der Waals surface area contributed by atoms with E-state index in [2.05, 4.69) is 24.5 Å². The van der Waals surface area contributed by atoms with E-state index in [-0.39, 0.29) is 17.7 Å². The van der Waals surface area contributed by atoms with Crippen molar-refractivity contribution in [1.29, 1.82) is 0 Å². The second kappa shape index (κ2) is 10.2. The molecule has 5 heteroatoms. The number of benzene rings is 1. The molecular formula is C21H32N2O3. The highest BCUT2D eigenvalue weighted by Crippen LogP contribution is 2.24. The summed E-state index contributed by atoms with van der Waals surface area (Å²) in [5.41, 5.74) is 0.708. The lowest BCUT2D eigenvalue weighted by molar-refractivity contribution is -0.130. The average molecular weight is 360 g/mol. The van der Waals surface area contributed by atoms with E-state index < -0.39 is 6.04 Å². The molecule has 26 heavy (non-hydrogen) atoms. The van der Waals surface area contributed by atoms with Gasteiger partial charge in [-0.15, -0.1) is 0 Å². The fourth-order valence-corrected chi connectivity index (χ4v) is 3.39. The van der Waals surface area contributed by atoms with Crippen LogP contribution >= 0.6 is 0 Å². The minimum atomic E-state index is -0.504. The number of hydrogen-bond donors (Lipinski definition) is 2. The van der Waals surface area contributed by atoms with Crippen LogP contribution in [0.15, 0.2) is 24.3 Å². The van der Waals surface area contributed by atoms with E-state index in [1.807, 2.05) is 31.2 Å². The number of nitrogens with one attached hydrogen (secondary N) is 2. The van der Waals surface area contributed by atoms with Crippen LogP contribution in [-0.2, 0) is 9.59 Å². The summed E-state index contributed by atoms with van der Waals surface area (Å²) in [4.78, 5) is 25.3. The van der Waals surface area contributed by atoms with Gasteiger partial charge in [-0.3, -0.25) is 9.59 Å². The zero-order chi connectivity index (χ0) is 18.9. The monoisotopic (exact) mass is 360 g/mol. The van der Waals surface area contributed by atoms with Gasteiger partial charge in [0, 0.05) is 11.6 Å². The lowest BCUT2D eigenvalue weighted by Crippen LogP contribution is -2.47. The highest BCUT2D eigenvalue weighted by Gasteiger charge is 2.27. The molecule has 0 aliphatic heterocycles. The van der Waals surface area contributed by atoms with Gasteiger partial charge in [0.1, 0.15) is 11.8 Å². The molecule has 0 radical (unpaired) electrons. The molecule has 2 amide bonds. The lowest BCUT2D eigenvalue weighted by Gasteiger charge is -2.25. The third-order valence-electron chi connectivity index (χ3n) is 4.75. The lowest BCUT2D eigenvalue weighted by atomic mass is 9.88. The summed E-state index contributed by atoms with van der Waals surface area (Å²) in [6.07, 6.45) is 5.90. The van der Waals surface area contributed by atoms with E-state index in [1.54, 1.807) is 0 Å². The van der Waals surface area contributed by atoms with Gasteiger partial charge >= 0.3 is 0 Å². The molecule has 144 valence electrons. The summed E-state index contributed by atoms with van der Waals surface area (Å²) in [6, 6.07) is 6.79. The molecule has 0 bridgehead atoms. The topological polar surface area (TPSA) is 67.4 Å². The Balaban J connectivity index is 1.97. The van der Waals surface area contributed by atoms with Crippen LogP contribution in [0, 0.1) is 11.8 Å². The molecule has 0 saturated heterocycles. The predicted octanol–water partition coefficient (Wildman–Crippen LogP) is 4.14. The number of ether oxygens (including phenoxy) is 1. The van der Waals surface area contributed by atoms with Crippen molar-refractivity contribution in [3.63, 3.8) is 0 Å². The molecule has 1 saturated carbocycles. The van der Waals surface area contributed by atoms with Crippen LogP contribution in [0.2, 0.25) is 0 Å². The van der Waals surface area contributed by atoms with Gasteiger partial charge < -0.3 is 15.4 Å². The first-order chi connectivity index (χ1) is 12.5. The summed E-state index contributed by atoms with van der Waals surface area (Å²) >= 11 is 0.